The Morgan fingerprint density at radius 1 is 1.47 bits per heavy atom. The van der Waals surface area contributed by atoms with E-state index in [-0.39, 0.29) is 18.0 Å². The summed E-state index contributed by atoms with van der Waals surface area (Å²) in [4.78, 5) is 4.36. The van der Waals surface area contributed by atoms with Gasteiger partial charge < -0.3 is 4.84 Å². The van der Waals surface area contributed by atoms with Gasteiger partial charge in [0, 0.05) is 11.6 Å². The molecular weight excluding hydrogens is 240 g/mol. The van der Waals surface area contributed by atoms with E-state index in [4.69, 9.17) is 17.5 Å². The van der Waals surface area contributed by atoms with Crippen LogP contribution in [-0.2, 0) is 14.9 Å². The van der Waals surface area contributed by atoms with Crippen molar-refractivity contribution < 1.29 is 13.3 Å². The van der Waals surface area contributed by atoms with Crippen molar-refractivity contribution in [2.45, 2.75) is 4.90 Å². The van der Waals surface area contributed by atoms with Crippen molar-refractivity contribution in [1.82, 2.24) is 4.72 Å². The van der Waals surface area contributed by atoms with Crippen LogP contribution >= 0.6 is 11.6 Å². The number of hydrogen-bond donors (Lipinski definition) is 2. The van der Waals surface area contributed by atoms with Crippen LogP contribution in [0.4, 0.5) is 0 Å². The van der Waals surface area contributed by atoms with Gasteiger partial charge in [-0.1, -0.05) is 17.7 Å². The molecule has 0 unspecified atom stereocenters. The van der Waals surface area contributed by atoms with Crippen molar-refractivity contribution in [2.75, 3.05) is 13.2 Å². The van der Waals surface area contributed by atoms with Gasteiger partial charge in [-0.05, 0) is 18.2 Å². The standard InChI is InChI=1S/C8H11ClN2O3S/c9-7-2-1-3-8(6-7)15(12,13)11-4-5-14-10/h1-3,6,11H,4-5,10H2. The van der Waals surface area contributed by atoms with Crippen LogP contribution in [0.2, 0.25) is 5.02 Å². The highest BCUT2D eigenvalue weighted by atomic mass is 35.5. The molecule has 3 N–H and O–H groups in total. The molecule has 0 amide bonds. The monoisotopic (exact) mass is 250 g/mol. The molecule has 15 heavy (non-hydrogen) atoms. The summed E-state index contributed by atoms with van der Waals surface area (Å²) >= 11 is 5.68. The number of rotatable bonds is 5. The minimum absolute atomic E-state index is 0.111. The number of benzene rings is 1. The van der Waals surface area contributed by atoms with E-state index < -0.39 is 10.0 Å². The summed E-state index contributed by atoms with van der Waals surface area (Å²) in [6, 6.07) is 5.99. The highest BCUT2D eigenvalue weighted by Gasteiger charge is 2.12. The Hall–Kier alpha value is -0.660. The van der Waals surface area contributed by atoms with Crippen LogP contribution in [0.5, 0.6) is 0 Å². The number of halogens is 1. The van der Waals surface area contributed by atoms with Gasteiger partial charge in [0.15, 0.2) is 0 Å². The Morgan fingerprint density at radius 3 is 2.80 bits per heavy atom. The fraction of sp³-hybridized carbons (Fsp3) is 0.250. The molecule has 84 valence electrons. The van der Waals surface area contributed by atoms with E-state index in [0.29, 0.717) is 5.02 Å². The van der Waals surface area contributed by atoms with Crippen LogP contribution in [0.25, 0.3) is 0 Å². The molecule has 0 aliphatic heterocycles. The largest absolute Gasteiger partial charge is 0.303 e. The maximum Gasteiger partial charge on any atom is 0.240 e. The van der Waals surface area contributed by atoms with Crippen LogP contribution in [0.3, 0.4) is 0 Å². The molecular formula is C8H11ClN2O3S. The van der Waals surface area contributed by atoms with Gasteiger partial charge in [-0.3, -0.25) is 0 Å². The minimum atomic E-state index is -3.53. The summed E-state index contributed by atoms with van der Waals surface area (Å²) in [6.07, 6.45) is 0. The van der Waals surface area contributed by atoms with Gasteiger partial charge in [-0.25, -0.2) is 19.0 Å². The van der Waals surface area contributed by atoms with Crippen molar-refractivity contribution >= 4 is 21.6 Å². The van der Waals surface area contributed by atoms with Crippen molar-refractivity contribution in [2.24, 2.45) is 5.90 Å². The smallest absolute Gasteiger partial charge is 0.240 e. The molecule has 1 aromatic carbocycles. The Bertz CT molecular complexity index is 422. The van der Waals surface area contributed by atoms with E-state index in [0.717, 1.165) is 0 Å². The summed E-state index contributed by atoms with van der Waals surface area (Å²) in [7, 11) is -3.53. The minimum Gasteiger partial charge on any atom is -0.303 e. The first-order chi connectivity index (χ1) is 7.06. The third-order valence-electron chi connectivity index (χ3n) is 1.62. The van der Waals surface area contributed by atoms with E-state index in [1.165, 1.54) is 12.1 Å². The molecule has 0 spiro atoms. The first-order valence-corrected chi connectivity index (χ1v) is 5.99. The third-order valence-corrected chi connectivity index (χ3v) is 3.31. The Morgan fingerprint density at radius 2 is 2.20 bits per heavy atom. The SMILES string of the molecule is NOCCNS(=O)(=O)c1cccc(Cl)c1. The second-order valence-corrected chi connectivity index (χ2v) is 4.93. The van der Waals surface area contributed by atoms with Gasteiger partial charge in [0.2, 0.25) is 10.0 Å². The lowest BCUT2D eigenvalue weighted by molar-refractivity contribution is 0.143. The van der Waals surface area contributed by atoms with Gasteiger partial charge in [0.05, 0.1) is 11.5 Å². The fourth-order valence-corrected chi connectivity index (χ4v) is 2.27. The average Bonchev–Trinajstić information content (AvgIpc) is 2.18. The van der Waals surface area contributed by atoms with Gasteiger partial charge in [0.1, 0.15) is 0 Å². The summed E-state index contributed by atoms with van der Waals surface area (Å²) in [5.41, 5.74) is 0. The highest BCUT2D eigenvalue weighted by molar-refractivity contribution is 7.89. The molecule has 1 rings (SSSR count). The van der Waals surface area contributed by atoms with Crippen LogP contribution in [0.1, 0.15) is 0 Å². The van der Waals surface area contributed by atoms with Crippen molar-refractivity contribution in [1.29, 1.82) is 0 Å². The predicted octanol–water partition coefficient (Wildman–Crippen LogP) is 0.509. The first-order valence-electron chi connectivity index (χ1n) is 4.13. The normalized spacial score (nSPS) is 11.6. The molecule has 0 aromatic heterocycles. The van der Waals surface area contributed by atoms with Gasteiger partial charge in [-0.2, -0.15) is 0 Å². The van der Waals surface area contributed by atoms with E-state index >= 15 is 0 Å². The zero-order chi connectivity index (χ0) is 11.3. The quantitative estimate of drug-likeness (QED) is 0.589. The molecule has 0 saturated carbocycles. The third kappa shape index (κ3) is 3.77. The van der Waals surface area contributed by atoms with Crippen molar-refractivity contribution in [3.63, 3.8) is 0 Å². The maximum absolute atomic E-state index is 11.6. The second-order valence-electron chi connectivity index (χ2n) is 2.73. The number of sulfonamides is 1. The number of nitrogens with one attached hydrogen (secondary N) is 1. The Balaban J connectivity index is 2.77. The van der Waals surface area contributed by atoms with Crippen LogP contribution < -0.4 is 10.6 Å². The molecule has 0 saturated heterocycles. The lowest BCUT2D eigenvalue weighted by atomic mass is 10.4. The molecule has 5 nitrogen and oxygen atoms in total. The Labute approximate surface area is 93.2 Å². The molecule has 0 radical (unpaired) electrons. The second kappa shape index (κ2) is 5.43. The van der Waals surface area contributed by atoms with Gasteiger partial charge >= 0.3 is 0 Å². The lowest BCUT2D eigenvalue weighted by Gasteiger charge is -2.05. The van der Waals surface area contributed by atoms with Crippen molar-refractivity contribution in [3.8, 4) is 0 Å². The molecule has 1 aromatic rings. The zero-order valence-electron chi connectivity index (χ0n) is 7.81. The van der Waals surface area contributed by atoms with E-state index in [1.54, 1.807) is 12.1 Å². The van der Waals surface area contributed by atoms with E-state index in [2.05, 4.69) is 9.56 Å². The number of hydrogen-bond acceptors (Lipinski definition) is 4. The molecule has 7 heteroatoms. The predicted molar refractivity (Wildman–Crippen MR) is 56.8 cm³/mol. The Kier molecular flexibility index (Phi) is 4.49. The summed E-state index contributed by atoms with van der Waals surface area (Å²) in [5.74, 6) is 4.76. The fourth-order valence-electron chi connectivity index (χ4n) is 0.952. The zero-order valence-corrected chi connectivity index (χ0v) is 9.38. The molecule has 0 atom stereocenters. The van der Waals surface area contributed by atoms with Gasteiger partial charge in [-0.15, -0.1) is 0 Å². The summed E-state index contributed by atoms with van der Waals surface area (Å²) in [5, 5.41) is 0.368. The summed E-state index contributed by atoms with van der Waals surface area (Å²) < 4.78 is 25.5. The van der Waals surface area contributed by atoms with Crippen molar-refractivity contribution in [3.05, 3.63) is 29.3 Å². The topological polar surface area (TPSA) is 81.4 Å². The average molecular weight is 251 g/mol. The highest BCUT2D eigenvalue weighted by Crippen LogP contribution is 2.14. The van der Waals surface area contributed by atoms with E-state index in [1.807, 2.05) is 0 Å². The molecule has 0 aliphatic rings. The number of nitrogens with two attached hydrogens (primary N) is 1. The van der Waals surface area contributed by atoms with Crippen LogP contribution in [-0.4, -0.2) is 21.6 Å². The summed E-state index contributed by atoms with van der Waals surface area (Å²) in [6.45, 7) is 0.227. The molecule has 0 aliphatic carbocycles. The lowest BCUT2D eigenvalue weighted by Crippen LogP contribution is -2.28. The van der Waals surface area contributed by atoms with Crippen LogP contribution in [0, 0.1) is 0 Å². The van der Waals surface area contributed by atoms with Crippen LogP contribution in [0.15, 0.2) is 29.2 Å². The van der Waals surface area contributed by atoms with Gasteiger partial charge in [0.25, 0.3) is 0 Å². The first kappa shape index (κ1) is 12.4. The maximum atomic E-state index is 11.6. The molecule has 0 bridgehead atoms. The van der Waals surface area contributed by atoms with E-state index in [9.17, 15) is 8.42 Å². The molecule has 0 heterocycles. The molecule has 0 fully saturated rings.